The molecule has 1 saturated heterocycles. The van der Waals surface area contributed by atoms with E-state index in [0.29, 0.717) is 18.9 Å². The van der Waals surface area contributed by atoms with Gasteiger partial charge in [0, 0.05) is 25.4 Å². The summed E-state index contributed by atoms with van der Waals surface area (Å²) in [5.74, 6) is -0.917. The highest BCUT2D eigenvalue weighted by Crippen LogP contribution is 2.10. The average Bonchev–Trinajstić information content (AvgIpc) is 2.86. The molecule has 19 heavy (non-hydrogen) atoms. The SMILES string of the molecule is CSC[C@@](C)(O)CNC(=O)C(=O)NC[C@@H]1CCCO1. The van der Waals surface area contributed by atoms with Gasteiger partial charge in [0.15, 0.2) is 0 Å². The maximum Gasteiger partial charge on any atom is 0.309 e. The third kappa shape index (κ3) is 6.26. The van der Waals surface area contributed by atoms with Gasteiger partial charge in [-0.2, -0.15) is 11.8 Å². The third-order valence-electron chi connectivity index (χ3n) is 2.81. The molecule has 0 bridgehead atoms. The molecule has 1 fully saturated rings. The van der Waals surface area contributed by atoms with Gasteiger partial charge >= 0.3 is 11.8 Å². The largest absolute Gasteiger partial charge is 0.387 e. The molecule has 2 amide bonds. The van der Waals surface area contributed by atoms with E-state index in [-0.39, 0.29) is 12.6 Å². The molecule has 1 rings (SSSR count). The summed E-state index contributed by atoms with van der Waals surface area (Å²) in [4.78, 5) is 23.0. The van der Waals surface area contributed by atoms with Crippen molar-refractivity contribution in [1.82, 2.24) is 10.6 Å². The van der Waals surface area contributed by atoms with Crippen molar-refractivity contribution in [3.63, 3.8) is 0 Å². The minimum atomic E-state index is -1.01. The molecule has 0 aromatic rings. The van der Waals surface area contributed by atoms with E-state index in [0.717, 1.165) is 12.8 Å². The van der Waals surface area contributed by atoms with Crippen LogP contribution in [0, 0.1) is 0 Å². The molecule has 2 atom stereocenters. The maximum absolute atomic E-state index is 11.5. The first-order valence-corrected chi connectivity index (χ1v) is 7.73. The van der Waals surface area contributed by atoms with Crippen molar-refractivity contribution >= 4 is 23.6 Å². The molecular weight excluding hydrogens is 268 g/mol. The number of amides is 2. The molecule has 3 N–H and O–H groups in total. The average molecular weight is 290 g/mol. The zero-order chi connectivity index (χ0) is 14.3. The van der Waals surface area contributed by atoms with Crippen LogP contribution in [0.25, 0.3) is 0 Å². The van der Waals surface area contributed by atoms with Crippen molar-refractivity contribution in [2.75, 3.05) is 31.7 Å². The second-order valence-corrected chi connectivity index (χ2v) is 5.82. The topological polar surface area (TPSA) is 87.7 Å². The number of nitrogens with one attached hydrogen (secondary N) is 2. The first-order chi connectivity index (χ1) is 8.94. The summed E-state index contributed by atoms with van der Waals surface area (Å²) in [6.07, 6.45) is 3.77. The van der Waals surface area contributed by atoms with E-state index < -0.39 is 17.4 Å². The molecule has 0 saturated carbocycles. The summed E-state index contributed by atoms with van der Waals surface area (Å²) in [5.41, 5.74) is -1.01. The Morgan fingerprint density at radius 2 is 2.11 bits per heavy atom. The number of rotatable bonds is 6. The lowest BCUT2D eigenvalue weighted by Gasteiger charge is -2.22. The fourth-order valence-electron chi connectivity index (χ4n) is 1.81. The Balaban J connectivity index is 2.22. The molecule has 0 unspecified atom stereocenters. The van der Waals surface area contributed by atoms with Crippen LogP contribution in [0.1, 0.15) is 19.8 Å². The number of hydrogen-bond donors (Lipinski definition) is 3. The van der Waals surface area contributed by atoms with E-state index >= 15 is 0 Å². The predicted molar refractivity (Wildman–Crippen MR) is 74.0 cm³/mol. The molecule has 6 nitrogen and oxygen atoms in total. The predicted octanol–water partition coefficient (Wildman–Crippen LogP) is -0.488. The fraction of sp³-hybridized carbons (Fsp3) is 0.833. The number of hydrogen-bond acceptors (Lipinski definition) is 5. The second-order valence-electron chi connectivity index (χ2n) is 4.96. The van der Waals surface area contributed by atoms with Crippen molar-refractivity contribution in [2.45, 2.75) is 31.5 Å². The van der Waals surface area contributed by atoms with Gasteiger partial charge in [0.05, 0.1) is 11.7 Å². The van der Waals surface area contributed by atoms with Gasteiger partial charge in [-0.15, -0.1) is 0 Å². The summed E-state index contributed by atoms with van der Waals surface area (Å²) >= 11 is 1.48. The molecule has 0 spiro atoms. The first kappa shape index (κ1) is 16.3. The molecular formula is C12H22N2O4S. The van der Waals surface area contributed by atoms with E-state index in [9.17, 15) is 14.7 Å². The lowest BCUT2D eigenvalue weighted by atomic mass is 10.1. The molecule has 0 aromatic carbocycles. The monoisotopic (exact) mass is 290 g/mol. The normalized spacial score (nSPS) is 21.7. The standard InChI is InChI=1S/C12H22N2O4S/c1-12(17,8-19-2)7-14-11(16)10(15)13-6-9-4-3-5-18-9/h9,17H,3-8H2,1-2H3,(H,13,15)(H,14,16)/t9-,12-/m0/s1. The van der Waals surface area contributed by atoms with E-state index in [2.05, 4.69) is 10.6 Å². The van der Waals surface area contributed by atoms with Crippen molar-refractivity contribution in [2.24, 2.45) is 0 Å². The molecule has 1 aliphatic heterocycles. The lowest BCUT2D eigenvalue weighted by molar-refractivity contribution is -0.139. The molecule has 0 aromatic heterocycles. The molecule has 7 heteroatoms. The Labute approximate surface area is 117 Å². The van der Waals surface area contributed by atoms with Gasteiger partial charge in [-0.1, -0.05) is 0 Å². The lowest BCUT2D eigenvalue weighted by Crippen LogP contribution is -2.48. The Morgan fingerprint density at radius 3 is 2.68 bits per heavy atom. The summed E-state index contributed by atoms with van der Waals surface area (Å²) in [5, 5.41) is 14.8. The van der Waals surface area contributed by atoms with Crippen molar-refractivity contribution in [1.29, 1.82) is 0 Å². The van der Waals surface area contributed by atoms with Crippen molar-refractivity contribution < 1.29 is 19.4 Å². The Kier molecular flexibility index (Phi) is 6.60. The maximum atomic E-state index is 11.5. The number of carbonyl (C=O) groups excluding carboxylic acids is 2. The quantitative estimate of drug-likeness (QED) is 0.575. The van der Waals surface area contributed by atoms with E-state index in [1.165, 1.54) is 11.8 Å². The van der Waals surface area contributed by atoms with Gasteiger partial charge < -0.3 is 20.5 Å². The van der Waals surface area contributed by atoms with Gasteiger partial charge in [-0.25, -0.2) is 0 Å². The number of aliphatic hydroxyl groups is 1. The molecule has 110 valence electrons. The zero-order valence-electron chi connectivity index (χ0n) is 11.4. The van der Waals surface area contributed by atoms with Gasteiger partial charge in [0.2, 0.25) is 0 Å². The Morgan fingerprint density at radius 1 is 1.42 bits per heavy atom. The highest BCUT2D eigenvalue weighted by atomic mass is 32.2. The first-order valence-electron chi connectivity index (χ1n) is 6.33. The van der Waals surface area contributed by atoms with Crippen LogP contribution in [0.5, 0.6) is 0 Å². The van der Waals surface area contributed by atoms with Crippen LogP contribution >= 0.6 is 11.8 Å². The summed E-state index contributed by atoms with van der Waals surface area (Å²) in [6.45, 7) is 2.74. The van der Waals surface area contributed by atoms with Gasteiger partial charge in [-0.3, -0.25) is 9.59 Å². The van der Waals surface area contributed by atoms with Gasteiger partial charge in [0.25, 0.3) is 0 Å². The van der Waals surface area contributed by atoms with Crippen molar-refractivity contribution in [3.05, 3.63) is 0 Å². The van der Waals surface area contributed by atoms with Crippen LogP contribution in [0.2, 0.25) is 0 Å². The minimum Gasteiger partial charge on any atom is -0.387 e. The van der Waals surface area contributed by atoms with Crippen LogP contribution in [-0.4, -0.2) is 60.3 Å². The zero-order valence-corrected chi connectivity index (χ0v) is 12.2. The van der Waals surface area contributed by atoms with E-state index in [1.54, 1.807) is 6.92 Å². The van der Waals surface area contributed by atoms with Crippen molar-refractivity contribution in [3.8, 4) is 0 Å². The summed E-state index contributed by atoms with van der Waals surface area (Å²) in [7, 11) is 0. The molecule has 0 radical (unpaired) electrons. The highest BCUT2D eigenvalue weighted by molar-refractivity contribution is 7.98. The van der Waals surface area contributed by atoms with Crippen LogP contribution in [-0.2, 0) is 14.3 Å². The number of carbonyl (C=O) groups is 2. The van der Waals surface area contributed by atoms with E-state index in [1.807, 2.05) is 6.26 Å². The van der Waals surface area contributed by atoms with Crippen LogP contribution in [0.15, 0.2) is 0 Å². The molecule has 1 aliphatic rings. The minimum absolute atomic E-state index is 0.0105. The van der Waals surface area contributed by atoms with Crippen LogP contribution in [0.4, 0.5) is 0 Å². The molecule has 0 aliphatic carbocycles. The smallest absolute Gasteiger partial charge is 0.309 e. The second kappa shape index (κ2) is 7.72. The number of thioether (sulfide) groups is 1. The summed E-state index contributed by atoms with van der Waals surface area (Å²) < 4.78 is 5.34. The van der Waals surface area contributed by atoms with Gasteiger partial charge in [-0.05, 0) is 26.0 Å². The third-order valence-corrected chi connectivity index (χ3v) is 3.72. The Bertz CT molecular complexity index is 317. The van der Waals surface area contributed by atoms with Crippen LogP contribution < -0.4 is 10.6 Å². The number of ether oxygens (including phenoxy) is 1. The molecule has 1 heterocycles. The van der Waals surface area contributed by atoms with E-state index in [4.69, 9.17) is 4.74 Å². The van der Waals surface area contributed by atoms with Crippen LogP contribution in [0.3, 0.4) is 0 Å². The fourth-order valence-corrected chi connectivity index (χ4v) is 2.53. The highest BCUT2D eigenvalue weighted by Gasteiger charge is 2.23. The van der Waals surface area contributed by atoms with Gasteiger partial charge in [0.1, 0.15) is 0 Å². The summed E-state index contributed by atoms with van der Waals surface area (Å²) in [6, 6.07) is 0. The Hall–Kier alpha value is -0.790.